The molecule has 0 saturated heterocycles. The monoisotopic (exact) mass is 280 g/mol. The first-order valence-electron chi connectivity index (χ1n) is 7.56. The van der Waals surface area contributed by atoms with Gasteiger partial charge in [0.15, 0.2) is 0 Å². The minimum Gasteiger partial charge on any atom is -0.395 e. The smallest absolute Gasteiger partial charge is 0.146 e. The highest BCUT2D eigenvalue weighted by Gasteiger charge is 2.23. The summed E-state index contributed by atoms with van der Waals surface area (Å²) in [4.78, 5) is 2.03. The normalized spacial score (nSPS) is 18.0. The lowest BCUT2D eigenvalue weighted by atomic mass is 9.93. The molecule has 1 aliphatic carbocycles. The molecular formula is C16H25FN2O. The van der Waals surface area contributed by atoms with Crippen molar-refractivity contribution in [1.29, 1.82) is 0 Å². The number of hydrogen-bond donors (Lipinski definition) is 2. The maximum absolute atomic E-state index is 14.4. The Morgan fingerprint density at radius 2 is 2.05 bits per heavy atom. The summed E-state index contributed by atoms with van der Waals surface area (Å²) in [6, 6.07) is 5.38. The Morgan fingerprint density at radius 1 is 1.35 bits per heavy atom. The number of hydrogen-bond acceptors (Lipinski definition) is 3. The summed E-state index contributed by atoms with van der Waals surface area (Å²) in [7, 11) is 0. The topological polar surface area (TPSA) is 49.5 Å². The van der Waals surface area contributed by atoms with E-state index in [1.807, 2.05) is 17.9 Å². The van der Waals surface area contributed by atoms with Gasteiger partial charge in [0.2, 0.25) is 0 Å². The van der Waals surface area contributed by atoms with Crippen molar-refractivity contribution < 1.29 is 9.50 Å². The van der Waals surface area contributed by atoms with Gasteiger partial charge in [-0.1, -0.05) is 25.3 Å². The van der Waals surface area contributed by atoms with Gasteiger partial charge in [0.25, 0.3) is 0 Å². The van der Waals surface area contributed by atoms with Gasteiger partial charge in [-0.05, 0) is 37.5 Å². The van der Waals surface area contributed by atoms with Crippen LogP contribution in [-0.4, -0.2) is 24.3 Å². The second-order valence-electron chi connectivity index (χ2n) is 5.71. The van der Waals surface area contributed by atoms with Gasteiger partial charge in [0.05, 0.1) is 12.3 Å². The Morgan fingerprint density at radius 3 is 2.60 bits per heavy atom. The number of nitrogens with two attached hydrogens (primary N) is 1. The molecule has 0 unspecified atom stereocenters. The Hall–Kier alpha value is -1.13. The molecule has 0 aromatic heterocycles. The molecule has 4 heteroatoms. The molecule has 0 radical (unpaired) electrons. The summed E-state index contributed by atoms with van der Waals surface area (Å²) in [6.45, 7) is 2.38. The molecule has 0 heterocycles. The van der Waals surface area contributed by atoms with E-state index in [1.165, 1.54) is 25.3 Å². The van der Waals surface area contributed by atoms with Gasteiger partial charge in [-0.3, -0.25) is 0 Å². The first kappa shape index (κ1) is 15.3. The maximum Gasteiger partial charge on any atom is 0.146 e. The van der Waals surface area contributed by atoms with Crippen LogP contribution < -0.4 is 10.6 Å². The number of anilines is 1. The van der Waals surface area contributed by atoms with Crippen LogP contribution >= 0.6 is 0 Å². The van der Waals surface area contributed by atoms with Gasteiger partial charge in [-0.15, -0.1) is 0 Å². The molecule has 1 fully saturated rings. The van der Waals surface area contributed by atoms with Crippen molar-refractivity contribution in [3.63, 3.8) is 0 Å². The van der Waals surface area contributed by atoms with Gasteiger partial charge >= 0.3 is 0 Å². The van der Waals surface area contributed by atoms with Crippen LogP contribution in [0.4, 0.5) is 10.1 Å². The second-order valence-corrected chi connectivity index (χ2v) is 5.71. The van der Waals surface area contributed by atoms with Crippen molar-refractivity contribution in [3.8, 4) is 0 Å². The first-order valence-corrected chi connectivity index (χ1v) is 7.56. The first-order chi connectivity index (χ1) is 9.63. The van der Waals surface area contributed by atoms with Gasteiger partial charge < -0.3 is 15.7 Å². The SMILES string of the molecule is C[C@H](N)c1ccc(N(CCO)C2CCCCC2)c(F)c1. The third-order valence-corrected chi connectivity index (χ3v) is 4.16. The summed E-state index contributed by atoms with van der Waals surface area (Å²) >= 11 is 0. The van der Waals surface area contributed by atoms with Crippen molar-refractivity contribution in [1.82, 2.24) is 0 Å². The lowest BCUT2D eigenvalue weighted by molar-refractivity contribution is 0.289. The quantitative estimate of drug-likeness (QED) is 0.871. The molecule has 2 rings (SSSR count). The van der Waals surface area contributed by atoms with Crippen LogP contribution in [0.15, 0.2) is 18.2 Å². The summed E-state index contributed by atoms with van der Waals surface area (Å²) in [5.74, 6) is -0.237. The lowest BCUT2D eigenvalue weighted by Gasteiger charge is -2.36. The van der Waals surface area contributed by atoms with Crippen LogP contribution in [0.1, 0.15) is 50.6 Å². The van der Waals surface area contributed by atoms with E-state index in [2.05, 4.69) is 0 Å². The van der Waals surface area contributed by atoms with Crippen LogP contribution in [0.2, 0.25) is 0 Å². The number of rotatable bonds is 5. The van der Waals surface area contributed by atoms with Crippen LogP contribution in [0.3, 0.4) is 0 Å². The average Bonchev–Trinajstić information content (AvgIpc) is 2.46. The molecule has 1 aromatic carbocycles. The van der Waals surface area contributed by atoms with Crippen LogP contribution in [0, 0.1) is 5.82 Å². The number of nitrogens with zero attached hydrogens (tertiary/aromatic N) is 1. The number of aliphatic hydroxyl groups excluding tert-OH is 1. The Balaban J connectivity index is 2.24. The van der Waals surface area contributed by atoms with Crippen molar-refractivity contribution in [2.45, 2.75) is 51.1 Å². The van der Waals surface area contributed by atoms with Gasteiger partial charge in [0, 0.05) is 18.6 Å². The predicted octanol–water partition coefficient (Wildman–Crippen LogP) is 2.98. The predicted molar refractivity (Wildman–Crippen MR) is 80.3 cm³/mol. The molecule has 1 saturated carbocycles. The molecule has 0 amide bonds. The third kappa shape index (κ3) is 3.49. The standard InChI is InChI=1S/C16H25FN2O/c1-12(18)13-7-8-16(15(17)11-13)19(9-10-20)14-5-3-2-4-6-14/h7-8,11-12,14,20H,2-6,9-10,18H2,1H3/t12-/m0/s1. The highest BCUT2D eigenvalue weighted by molar-refractivity contribution is 5.50. The zero-order valence-corrected chi connectivity index (χ0v) is 12.2. The molecule has 3 nitrogen and oxygen atoms in total. The molecule has 0 bridgehead atoms. The minimum absolute atomic E-state index is 0.0466. The zero-order valence-electron chi connectivity index (χ0n) is 12.2. The molecule has 112 valence electrons. The van der Waals surface area contributed by atoms with Crippen LogP contribution in [0.25, 0.3) is 0 Å². The lowest BCUT2D eigenvalue weighted by Crippen LogP contribution is -2.39. The fourth-order valence-corrected chi connectivity index (χ4v) is 3.04. The fraction of sp³-hybridized carbons (Fsp3) is 0.625. The van der Waals surface area contributed by atoms with Crippen molar-refractivity contribution >= 4 is 5.69 Å². The van der Waals surface area contributed by atoms with E-state index in [1.54, 1.807) is 6.07 Å². The van der Waals surface area contributed by atoms with Crippen LogP contribution in [0.5, 0.6) is 0 Å². The summed E-state index contributed by atoms with van der Waals surface area (Å²) < 4.78 is 14.4. The van der Waals surface area contributed by atoms with Gasteiger partial charge in [-0.2, -0.15) is 0 Å². The molecule has 20 heavy (non-hydrogen) atoms. The molecule has 0 aliphatic heterocycles. The molecule has 3 N–H and O–H groups in total. The van der Waals surface area contributed by atoms with Gasteiger partial charge in [0.1, 0.15) is 5.82 Å². The third-order valence-electron chi connectivity index (χ3n) is 4.16. The molecule has 1 aliphatic rings. The Bertz CT molecular complexity index is 430. The number of benzene rings is 1. The minimum atomic E-state index is -0.237. The molecule has 1 aromatic rings. The molecular weight excluding hydrogens is 255 g/mol. The fourth-order valence-electron chi connectivity index (χ4n) is 3.04. The van der Waals surface area contributed by atoms with E-state index < -0.39 is 0 Å². The Labute approximate surface area is 120 Å². The maximum atomic E-state index is 14.4. The van der Waals surface area contributed by atoms with E-state index in [0.29, 0.717) is 18.3 Å². The van der Waals surface area contributed by atoms with Crippen molar-refractivity contribution in [2.24, 2.45) is 5.73 Å². The summed E-state index contributed by atoms with van der Waals surface area (Å²) in [5, 5.41) is 9.28. The highest BCUT2D eigenvalue weighted by Crippen LogP contribution is 2.30. The zero-order chi connectivity index (χ0) is 14.5. The highest BCUT2D eigenvalue weighted by atomic mass is 19.1. The van der Waals surface area contributed by atoms with Crippen LogP contribution in [-0.2, 0) is 0 Å². The van der Waals surface area contributed by atoms with Crippen molar-refractivity contribution in [2.75, 3.05) is 18.1 Å². The molecule has 1 atom stereocenters. The summed E-state index contributed by atoms with van der Waals surface area (Å²) in [5.41, 5.74) is 7.19. The van der Waals surface area contributed by atoms with E-state index in [9.17, 15) is 9.50 Å². The molecule has 0 spiro atoms. The Kier molecular flexibility index (Phi) is 5.38. The van der Waals surface area contributed by atoms with E-state index in [0.717, 1.165) is 18.4 Å². The average molecular weight is 280 g/mol. The number of aliphatic hydroxyl groups is 1. The largest absolute Gasteiger partial charge is 0.395 e. The summed E-state index contributed by atoms with van der Waals surface area (Å²) in [6.07, 6.45) is 5.79. The van der Waals surface area contributed by atoms with E-state index in [4.69, 9.17) is 5.73 Å². The van der Waals surface area contributed by atoms with E-state index in [-0.39, 0.29) is 18.5 Å². The van der Waals surface area contributed by atoms with E-state index >= 15 is 0 Å². The van der Waals surface area contributed by atoms with Gasteiger partial charge in [-0.25, -0.2) is 4.39 Å². The van der Waals surface area contributed by atoms with Crippen molar-refractivity contribution in [3.05, 3.63) is 29.6 Å². The second kappa shape index (κ2) is 7.04. The number of halogens is 1.